The molecule has 0 radical (unpaired) electrons. The lowest BCUT2D eigenvalue weighted by Crippen LogP contribution is -1.98. The van der Waals surface area contributed by atoms with Crippen molar-refractivity contribution >= 4 is 27.5 Å². The number of nitrogen functional groups attached to an aromatic ring is 1. The first-order valence-corrected chi connectivity index (χ1v) is 6.82. The third kappa shape index (κ3) is 1.76. The summed E-state index contributed by atoms with van der Waals surface area (Å²) in [7, 11) is 0. The maximum atomic E-state index is 5.85. The Bertz CT molecular complexity index is 964. The van der Waals surface area contributed by atoms with Crippen LogP contribution in [-0.4, -0.2) is 14.5 Å². The molecule has 2 aromatic carbocycles. The normalized spacial score (nSPS) is 11.3. The first kappa shape index (κ1) is 11.9. The summed E-state index contributed by atoms with van der Waals surface area (Å²) in [5, 5.41) is 2.28. The molecule has 0 spiro atoms. The number of pyridine rings is 1. The molecular formula is C17H14N4. The summed E-state index contributed by atoms with van der Waals surface area (Å²) >= 11 is 0. The Morgan fingerprint density at radius 3 is 2.90 bits per heavy atom. The van der Waals surface area contributed by atoms with Crippen LogP contribution in [0.4, 0.5) is 5.69 Å². The average Bonchev–Trinajstić information content (AvgIpc) is 2.81. The molecule has 4 heteroatoms. The minimum Gasteiger partial charge on any atom is -0.399 e. The van der Waals surface area contributed by atoms with E-state index in [1.54, 1.807) is 0 Å². The van der Waals surface area contributed by atoms with Gasteiger partial charge in [-0.05, 0) is 42.6 Å². The molecule has 0 saturated heterocycles. The van der Waals surface area contributed by atoms with Gasteiger partial charge in [0.05, 0.1) is 16.7 Å². The van der Waals surface area contributed by atoms with Crippen LogP contribution in [0.5, 0.6) is 0 Å². The van der Waals surface area contributed by atoms with Crippen molar-refractivity contribution in [2.75, 3.05) is 5.73 Å². The predicted molar refractivity (Wildman–Crippen MR) is 85.5 cm³/mol. The molecule has 2 heterocycles. The molecule has 0 saturated carbocycles. The van der Waals surface area contributed by atoms with Crippen molar-refractivity contribution in [3.8, 4) is 5.69 Å². The van der Waals surface area contributed by atoms with Crippen LogP contribution in [0.25, 0.3) is 27.5 Å². The van der Waals surface area contributed by atoms with Crippen molar-refractivity contribution in [1.29, 1.82) is 0 Å². The summed E-state index contributed by atoms with van der Waals surface area (Å²) in [4.78, 5) is 8.87. The monoisotopic (exact) mass is 274 g/mol. The van der Waals surface area contributed by atoms with E-state index in [9.17, 15) is 0 Å². The Morgan fingerprint density at radius 2 is 2.00 bits per heavy atom. The summed E-state index contributed by atoms with van der Waals surface area (Å²) < 4.78 is 2.15. The number of aromatic nitrogens is 3. The maximum absolute atomic E-state index is 5.85. The molecule has 4 aromatic rings. The number of hydrogen-bond acceptors (Lipinski definition) is 3. The van der Waals surface area contributed by atoms with Gasteiger partial charge in [0.25, 0.3) is 0 Å². The number of imidazole rings is 1. The summed E-state index contributed by atoms with van der Waals surface area (Å²) in [6, 6.07) is 14.1. The van der Waals surface area contributed by atoms with Crippen LogP contribution in [0.1, 0.15) is 5.82 Å². The molecule has 0 aliphatic heterocycles. The van der Waals surface area contributed by atoms with E-state index in [1.807, 2.05) is 43.6 Å². The van der Waals surface area contributed by atoms with E-state index in [2.05, 4.69) is 32.7 Å². The van der Waals surface area contributed by atoms with Crippen molar-refractivity contribution in [3.05, 3.63) is 60.7 Å². The van der Waals surface area contributed by atoms with Crippen LogP contribution in [0, 0.1) is 6.92 Å². The molecule has 102 valence electrons. The van der Waals surface area contributed by atoms with E-state index in [0.717, 1.165) is 33.6 Å². The third-order valence-corrected chi connectivity index (χ3v) is 3.75. The maximum Gasteiger partial charge on any atom is 0.111 e. The van der Waals surface area contributed by atoms with E-state index in [1.165, 1.54) is 5.39 Å². The fraction of sp³-hybridized carbons (Fsp3) is 0.0588. The lowest BCUT2D eigenvalue weighted by Gasteiger charge is -2.10. The lowest BCUT2D eigenvalue weighted by atomic mass is 10.1. The zero-order valence-corrected chi connectivity index (χ0v) is 11.6. The van der Waals surface area contributed by atoms with Gasteiger partial charge in [-0.25, -0.2) is 4.98 Å². The van der Waals surface area contributed by atoms with Crippen molar-refractivity contribution in [2.24, 2.45) is 0 Å². The van der Waals surface area contributed by atoms with Gasteiger partial charge in [-0.15, -0.1) is 0 Å². The van der Waals surface area contributed by atoms with Crippen LogP contribution in [-0.2, 0) is 0 Å². The van der Waals surface area contributed by atoms with Crippen molar-refractivity contribution in [3.63, 3.8) is 0 Å². The van der Waals surface area contributed by atoms with Gasteiger partial charge in [-0.3, -0.25) is 9.55 Å². The fourth-order valence-corrected chi connectivity index (χ4v) is 2.81. The molecule has 4 nitrogen and oxygen atoms in total. The van der Waals surface area contributed by atoms with Gasteiger partial charge in [0.2, 0.25) is 0 Å². The Kier molecular flexibility index (Phi) is 2.44. The molecule has 21 heavy (non-hydrogen) atoms. The number of fused-ring (bicyclic) bond motifs is 2. The molecule has 4 rings (SSSR count). The number of benzene rings is 2. The zero-order valence-electron chi connectivity index (χ0n) is 11.6. The molecular weight excluding hydrogens is 260 g/mol. The fourth-order valence-electron chi connectivity index (χ4n) is 2.81. The highest BCUT2D eigenvalue weighted by molar-refractivity contribution is 5.92. The number of hydrogen-bond donors (Lipinski definition) is 1. The highest BCUT2D eigenvalue weighted by Crippen LogP contribution is 2.27. The van der Waals surface area contributed by atoms with Crippen LogP contribution >= 0.6 is 0 Å². The van der Waals surface area contributed by atoms with Gasteiger partial charge in [0.1, 0.15) is 5.82 Å². The van der Waals surface area contributed by atoms with E-state index in [4.69, 9.17) is 5.73 Å². The lowest BCUT2D eigenvalue weighted by molar-refractivity contribution is 1.01. The summed E-state index contributed by atoms with van der Waals surface area (Å²) in [6.45, 7) is 2.01. The van der Waals surface area contributed by atoms with E-state index in [-0.39, 0.29) is 0 Å². The van der Waals surface area contributed by atoms with Gasteiger partial charge in [-0.2, -0.15) is 0 Å². The second kappa shape index (κ2) is 4.31. The minimum atomic E-state index is 0.728. The van der Waals surface area contributed by atoms with Gasteiger partial charge in [0, 0.05) is 23.5 Å². The molecule has 0 amide bonds. The smallest absolute Gasteiger partial charge is 0.111 e. The Labute approximate surface area is 121 Å². The van der Waals surface area contributed by atoms with Gasteiger partial charge in [-0.1, -0.05) is 12.1 Å². The topological polar surface area (TPSA) is 56.7 Å². The quantitative estimate of drug-likeness (QED) is 0.541. The molecule has 2 N–H and O–H groups in total. The van der Waals surface area contributed by atoms with Crippen LogP contribution in [0.2, 0.25) is 0 Å². The molecule has 0 fully saturated rings. The predicted octanol–water partition coefficient (Wildman–Crippen LogP) is 3.46. The van der Waals surface area contributed by atoms with Crippen LogP contribution in [0.15, 0.2) is 54.9 Å². The molecule has 0 bridgehead atoms. The number of anilines is 1. The summed E-state index contributed by atoms with van der Waals surface area (Å²) in [6.07, 6.45) is 3.71. The molecule has 2 aromatic heterocycles. The highest BCUT2D eigenvalue weighted by atomic mass is 15.1. The minimum absolute atomic E-state index is 0.728. The Hall–Kier alpha value is -2.88. The highest BCUT2D eigenvalue weighted by Gasteiger charge is 2.11. The van der Waals surface area contributed by atoms with Crippen molar-refractivity contribution in [1.82, 2.24) is 14.5 Å². The third-order valence-electron chi connectivity index (χ3n) is 3.75. The second-order valence-electron chi connectivity index (χ2n) is 5.12. The van der Waals surface area contributed by atoms with Crippen LogP contribution < -0.4 is 5.73 Å². The molecule has 0 atom stereocenters. The first-order chi connectivity index (χ1) is 10.2. The average molecular weight is 274 g/mol. The Morgan fingerprint density at radius 1 is 1.10 bits per heavy atom. The summed E-state index contributed by atoms with van der Waals surface area (Å²) in [5.74, 6) is 0.937. The van der Waals surface area contributed by atoms with Crippen LogP contribution in [0.3, 0.4) is 0 Å². The summed E-state index contributed by atoms with van der Waals surface area (Å²) in [5.41, 5.74) is 9.63. The first-order valence-electron chi connectivity index (χ1n) is 6.82. The largest absolute Gasteiger partial charge is 0.399 e. The van der Waals surface area contributed by atoms with E-state index in [0.29, 0.717) is 0 Å². The zero-order chi connectivity index (χ0) is 14.4. The number of aryl methyl sites for hydroxylation is 1. The van der Waals surface area contributed by atoms with Gasteiger partial charge < -0.3 is 5.73 Å². The standard InChI is InChI=1S/C17H14N4/c1-11-20-15-9-13(18)5-6-17(15)21(11)16-4-2-3-12-7-8-19-10-14(12)16/h2-10H,18H2,1H3. The molecule has 0 aliphatic carbocycles. The van der Waals surface area contributed by atoms with E-state index >= 15 is 0 Å². The number of rotatable bonds is 1. The van der Waals surface area contributed by atoms with Gasteiger partial charge >= 0.3 is 0 Å². The Balaban J connectivity index is 2.11. The van der Waals surface area contributed by atoms with Crippen molar-refractivity contribution < 1.29 is 0 Å². The number of nitrogens with zero attached hydrogens (tertiary/aromatic N) is 3. The van der Waals surface area contributed by atoms with E-state index < -0.39 is 0 Å². The second-order valence-corrected chi connectivity index (χ2v) is 5.12. The molecule has 0 aliphatic rings. The van der Waals surface area contributed by atoms with Gasteiger partial charge in [0.15, 0.2) is 0 Å². The number of nitrogens with two attached hydrogens (primary N) is 1. The molecule has 0 unspecified atom stereocenters. The SMILES string of the molecule is Cc1nc2cc(N)ccc2n1-c1cccc2ccncc12. The van der Waals surface area contributed by atoms with Crippen molar-refractivity contribution in [2.45, 2.75) is 6.92 Å².